The van der Waals surface area contributed by atoms with E-state index in [-0.39, 0.29) is 0 Å². The largest absolute Gasteiger partial charge is 0.497 e. The van der Waals surface area contributed by atoms with Gasteiger partial charge in [0.1, 0.15) is 23.6 Å². The number of anilines is 2. The minimum absolute atomic E-state index is 0.644. The van der Waals surface area contributed by atoms with E-state index in [4.69, 9.17) is 31.2 Å². The number of hydrogen-bond acceptors (Lipinski definition) is 8. The topological polar surface area (TPSA) is 81.2 Å². The third-order valence-corrected chi connectivity index (χ3v) is 5.95. The van der Waals surface area contributed by atoms with Crippen LogP contribution in [0.2, 0.25) is 0 Å². The molecule has 10 heteroatoms. The first-order valence-corrected chi connectivity index (χ1v) is 10.9. The lowest BCUT2D eigenvalue weighted by atomic mass is 10.2. The Bertz CT molecular complexity index is 1130. The van der Waals surface area contributed by atoms with E-state index in [0.29, 0.717) is 28.1 Å². The van der Waals surface area contributed by atoms with Crippen molar-refractivity contribution >= 4 is 39.7 Å². The normalized spacial score (nSPS) is 13.6. The fourth-order valence-electron chi connectivity index (χ4n) is 3.82. The van der Waals surface area contributed by atoms with Crippen LogP contribution in [-0.2, 0) is 0 Å². The fraction of sp³-hybridized carbons (Fsp3) is 0.348. The van der Waals surface area contributed by atoms with E-state index in [2.05, 4.69) is 25.1 Å². The molecule has 1 N–H and O–H groups in total. The number of ether oxygens (including phenoxy) is 4. The predicted molar refractivity (Wildman–Crippen MR) is 132 cm³/mol. The summed E-state index contributed by atoms with van der Waals surface area (Å²) in [6, 6.07) is 9.40. The van der Waals surface area contributed by atoms with Crippen LogP contribution in [0.5, 0.6) is 23.0 Å². The molecule has 174 valence electrons. The second-order valence-corrected chi connectivity index (χ2v) is 7.81. The van der Waals surface area contributed by atoms with Gasteiger partial charge >= 0.3 is 0 Å². The second kappa shape index (κ2) is 9.95. The molecule has 1 fully saturated rings. The molecule has 0 aliphatic carbocycles. The van der Waals surface area contributed by atoms with E-state index in [1.54, 1.807) is 34.8 Å². The van der Waals surface area contributed by atoms with Crippen LogP contribution in [0.15, 0.2) is 36.7 Å². The van der Waals surface area contributed by atoms with Gasteiger partial charge in [-0.15, -0.1) is 0 Å². The van der Waals surface area contributed by atoms with Crippen LogP contribution in [0.25, 0.3) is 10.9 Å². The second-order valence-electron chi connectivity index (χ2n) is 7.43. The molecule has 3 aromatic rings. The summed E-state index contributed by atoms with van der Waals surface area (Å²) in [5.41, 5.74) is 1.63. The molecule has 33 heavy (non-hydrogen) atoms. The van der Waals surface area contributed by atoms with Crippen molar-refractivity contribution in [3.05, 3.63) is 36.7 Å². The van der Waals surface area contributed by atoms with E-state index < -0.39 is 0 Å². The molecule has 0 atom stereocenters. The molecule has 9 nitrogen and oxygen atoms in total. The zero-order valence-electron chi connectivity index (χ0n) is 19.1. The number of thiocarbonyl (C=S) groups is 1. The van der Waals surface area contributed by atoms with Crippen LogP contribution >= 0.6 is 12.2 Å². The third kappa shape index (κ3) is 4.80. The summed E-state index contributed by atoms with van der Waals surface area (Å²) in [4.78, 5) is 13.3. The Morgan fingerprint density at radius 1 is 0.818 bits per heavy atom. The smallest absolute Gasteiger partial charge is 0.173 e. The Kier molecular flexibility index (Phi) is 6.83. The molecular formula is C23H27N5O4S. The number of nitrogens with one attached hydrogen (secondary N) is 1. The lowest BCUT2D eigenvalue weighted by Gasteiger charge is -2.37. The molecule has 0 radical (unpaired) electrons. The highest BCUT2D eigenvalue weighted by molar-refractivity contribution is 7.80. The number of hydrogen-bond donors (Lipinski definition) is 1. The van der Waals surface area contributed by atoms with Crippen LogP contribution in [0, 0.1) is 0 Å². The fourth-order valence-corrected chi connectivity index (χ4v) is 4.13. The van der Waals surface area contributed by atoms with Crippen molar-refractivity contribution in [3.8, 4) is 23.0 Å². The quantitative estimate of drug-likeness (QED) is 0.544. The first kappa shape index (κ1) is 22.7. The monoisotopic (exact) mass is 469 g/mol. The summed E-state index contributed by atoms with van der Waals surface area (Å²) in [7, 11) is 6.48. The van der Waals surface area contributed by atoms with Gasteiger partial charge in [-0.2, -0.15) is 0 Å². The molecule has 0 unspecified atom stereocenters. The van der Waals surface area contributed by atoms with Gasteiger partial charge in [0, 0.05) is 61.5 Å². The molecule has 4 rings (SSSR count). The van der Waals surface area contributed by atoms with Crippen molar-refractivity contribution in [3.63, 3.8) is 0 Å². The SMILES string of the molecule is COc1cc(NC(=S)N2CCN(c3ncnc4cc(OC)c(OC)cc34)CC2)cc(OC)c1. The number of piperazine rings is 1. The average molecular weight is 470 g/mol. The maximum absolute atomic E-state index is 5.67. The Labute approximate surface area is 198 Å². The van der Waals surface area contributed by atoms with E-state index in [1.165, 1.54) is 0 Å². The molecule has 0 bridgehead atoms. The van der Waals surface area contributed by atoms with Crippen molar-refractivity contribution in [2.24, 2.45) is 0 Å². The first-order valence-electron chi connectivity index (χ1n) is 10.5. The number of nitrogens with zero attached hydrogens (tertiary/aromatic N) is 4. The number of rotatable bonds is 6. The minimum Gasteiger partial charge on any atom is -0.497 e. The standard InChI is InChI=1S/C23H27N5O4S/c1-29-16-9-15(10-17(11-16)30-2)26-23(33)28-7-5-27(6-8-28)22-18-12-20(31-3)21(32-4)13-19(18)24-14-25-22/h9-14H,5-8H2,1-4H3,(H,26,33). The van der Waals surface area contributed by atoms with E-state index in [1.807, 2.05) is 30.3 Å². The van der Waals surface area contributed by atoms with Crippen LogP contribution in [-0.4, -0.2) is 74.6 Å². The van der Waals surface area contributed by atoms with Gasteiger partial charge in [0.25, 0.3) is 0 Å². The van der Waals surface area contributed by atoms with Gasteiger partial charge in [-0.1, -0.05) is 0 Å². The summed E-state index contributed by atoms with van der Waals surface area (Å²) in [5, 5.41) is 4.88. The zero-order valence-corrected chi connectivity index (χ0v) is 19.9. The molecule has 1 aliphatic rings. The highest BCUT2D eigenvalue weighted by Crippen LogP contribution is 2.35. The highest BCUT2D eigenvalue weighted by atomic mass is 32.1. The van der Waals surface area contributed by atoms with E-state index in [9.17, 15) is 0 Å². The number of methoxy groups -OCH3 is 4. The average Bonchev–Trinajstić information content (AvgIpc) is 2.87. The van der Waals surface area contributed by atoms with E-state index >= 15 is 0 Å². The van der Waals surface area contributed by atoms with Crippen molar-refractivity contribution in [2.45, 2.75) is 0 Å². The lowest BCUT2D eigenvalue weighted by Crippen LogP contribution is -2.50. The Hall–Kier alpha value is -3.53. The Balaban J connectivity index is 1.47. The summed E-state index contributed by atoms with van der Waals surface area (Å²) in [6.07, 6.45) is 1.58. The van der Waals surface area contributed by atoms with Gasteiger partial charge < -0.3 is 34.1 Å². The predicted octanol–water partition coefficient (Wildman–Crippen LogP) is 3.18. The summed E-state index contributed by atoms with van der Waals surface area (Å²) in [6.45, 7) is 3.05. The molecule has 0 amide bonds. The van der Waals surface area contributed by atoms with Crippen LogP contribution in [0.4, 0.5) is 11.5 Å². The Morgan fingerprint density at radius 2 is 1.45 bits per heavy atom. The molecule has 0 saturated carbocycles. The lowest BCUT2D eigenvalue weighted by molar-refractivity contribution is 0.355. The van der Waals surface area contributed by atoms with Crippen molar-refractivity contribution in [2.75, 3.05) is 64.8 Å². The van der Waals surface area contributed by atoms with E-state index in [0.717, 1.165) is 48.6 Å². The number of fused-ring (bicyclic) bond motifs is 1. The maximum atomic E-state index is 5.67. The molecular weight excluding hydrogens is 442 g/mol. The molecule has 2 heterocycles. The van der Waals surface area contributed by atoms with Gasteiger partial charge in [-0.05, 0) is 18.3 Å². The summed E-state index contributed by atoms with van der Waals surface area (Å²) < 4.78 is 21.6. The number of benzene rings is 2. The van der Waals surface area contributed by atoms with Gasteiger partial charge in [-0.25, -0.2) is 9.97 Å². The van der Waals surface area contributed by atoms with Crippen molar-refractivity contribution < 1.29 is 18.9 Å². The van der Waals surface area contributed by atoms with Gasteiger partial charge in [-0.3, -0.25) is 0 Å². The Morgan fingerprint density at radius 3 is 2.06 bits per heavy atom. The molecule has 1 aliphatic heterocycles. The third-order valence-electron chi connectivity index (χ3n) is 5.59. The van der Waals surface area contributed by atoms with Crippen LogP contribution in [0.3, 0.4) is 0 Å². The van der Waals surface area contributed by atoms with Crippen molar-refractivity contribution in [1.82, 2.24) is 14.9 Å². The van der Waals surface area contributed by atoms with Gasteiger partial charge in [0.2, 0.25) is 0 Å². The van der Waals surface area contributed by atoms with Crippen molar-refractivity contribution in [1.29, 1.82) is 0 Å². The van der Waals surface area contributed by atoms with Gasteiger partial charge in [0.05, 0.1) is 34.0 Å². The maximum Gasteiger partial charge on any atom is 0.173 e. The number of aromatic nitrogens is 2. The molecule has 2 aromatic carbocycles. The first-order chi connectivity index (χ1) is 16.1. The van der Waals surface area contributed by atoms with Crippen LogP contribution < -0.4 is 29.2 Å². The molecule has 1 saturated heterocycles. The minimum atomic E-state index is 0.644. The summed E-state index contributed by atoms with van der Waals surface area (Å²) >= 11 is 5.67. The van der Waals surface area contributed by atoms with Crippen LogP contribution in [0.1, 0.15) is 0 Å². The molecule has 0 spiro atoms. The molecule has 1 aromatic heterocycles. The summed E-state index contributed by atoms with van der Waals surface area (Å²) in [5.74, 6) is 3.57. The van der Waals surface area contributed by atoms with Gasteiger partial charge in [0.15, 0.2) is 16.6 Å². The zero-order chi connectivity index (χ0) is 23.4. The highest BCUT2D eigenvalue weighted by Gasteiger charge is 2.22.